The van der Waals surface area contributed by atoms with Crippen molar-refractivity contribution in [3.63, 3.8) is 0 Å². The Hall–Kier alpha value is -3.49. The van der Waals surface area contributed by atoms with Gasteiger partial charge in [0.1, 0.15) is 17.5 Å². The van der Waals surface area contributed by atoms with Crippen LogP contribution in [0.5, 0.6) is 0 Å². The van der Waals surface area contributed by atoms with E-state index < -0.39 is 29.3 Å². The Morgan fingerprint density at radius 2 is 1.79 bits per heavy atom. The minimum atomic E-state index is -4.75. The van der Waals surface area contributed by atoms with Gasteiger partial charge in [0.2, 0.25) is 5.91 Å². The summed E-state index contributed by atoms with van der Waals surface area (Å²) in [6.07, 6.45) is -3.39. The quantitative estimate of drug-likeness (QED) is 0.600. The van der Waals surface area contributed by atoms with Gasteiger partial charge in [-0.25, -0.2) is 13.8 Å². The molecule has 0 fully saturated rings. The van der Waals surface area contributed by atoms with Crippen LogP contribution >= 0.6 is 0 Å². The number of nitrogens with zero attached hydrogens (tertiary/aromatic N) is 1. The number of carbonyl (C=O) groups is 1. The molecule has 0 aliphatic carbocycles. The Labute approximate surface area is 162 Å². The Kier molecular flexibility index (Phi) is 5.49. The molecule has 4 nitrogen and oxygen atoms in total. The Balaban J connectivity index is 2.01. The molecule has 9 heteroatoms. The predicted molar refractivity (Wildman–Crippen MR) is 96.9 cm³/mol. The first-order chi connectivity index (χ1) is 13.7. The molecule has 2 aromatic carbocycles. The van der Waals surface area contributed by atoms with Gasteiger partial charge in [0.25, 0.3) is 0 Å². The van der Waals surface area contributed by atoms with Gasteiger partial charge in [-0.15, -0.1) is 0 Å². The van der Waals surface area contributed by atoms with Crippen LogP contribution in [0, 0.1) is 11.6 Å². The van der Waals surface area contributed by atoms with Gasteiger partial charge in [-0.05, 0) is 35.9 Å². The number of benzene rings is 2. The molecule has 0 radical (unpaired) electrons. The van der Waals surface area contributed by atoms with Gasteiger partial charge in [-0.3, -0.25) is 4.79 Å². The number of hydrogen-bond donors (Lipinski definition) is 2. The van der Waals surface area contributed by atoms with Crippen molar-refractivity contribution in [1.29, 1.82) is 0 Å². The predicted octanol–water partition coefficient (Wildman–Crippen LogP) is 4.76. The van der Waals surface area contributed by atoms with E-state index in [1.165, 1.54) is 30.5 Å². The molecule has 0 aliphatic rings. The molecular formula is C20H14F5N3O. The van der Waals surface area contributed by atoms with Crippen molar-refractivity contribution >= 4 is 11.7 Å². The monoisotopic (exact) mass is 407 g/mol. The Morgan fingerprint density at radius 1 is 1.03 bits per heavy atom. The van der Waals surface area contributed by atoms with Crippen molar-refractivity contribution in [2.45, 2.75) is 12.7 Å². The largest absolute Gasteiger partial charge is 0.417 e. The smallest absolute Gasteiger partial charge is 0.366 e. The van der Waals surface area contributed by atoms with E-state index in [0.29, 0.717) is 12.1 Å². The maximum Gasteiger partial charge on any atom is 0.417 e. The average molecular weight is 407 g/mol. The van der Waals surface area contributed by atoms with Crippen LogP contribution in [0.3, 0.4) is 0 Å². The third-order valence-electron chi connectivity index (χ3n) is 4.17. The van der Waals surface area contributed by atoms with Crippen LogP contribution in [-0.4, -0.2) is 10.9 Å². The van der Waals surface area contributed by atoms with E-state index in [4.69, 9.17) is 5.73 Å². The first kappa shape index (κ1) is 20.2. The van der Waals surface area contributed by atoms with Crippen LogP contribution in [0.2, 0.25) is 0 Å². The number of hydrogen-bond acceptors (Lipinski definition) is 3. The summed E-state index contributed by atoms with van der Waals surface area (Å²) >= 11 is 0. The first-order valence-corrected chi connectivity index (χ1v) is 8.31. The molecule has 0 unspecified atom stereocenters. The number of anilines is 1. The van der Waals surface area contributed by atoms with Crippen LogP contribution in [0.1, 0.15) is 21.5 Å². The number of pyridine rings is 1. The fourth-order valence-corrected chi connectivity index (χ4v) is 2.77. The topological polar surface area (TPSA) is 68.0 Å². The zero-order valence-electron chi connectivity index (χ0n) is 14.7. The molecule has 150 valence electrons. The van der Waals surface area contributed by atoms with Gasteiger partial charge in [0, 0.05) is 35.5 Å². The van der Waals surface area contributed by atoms with Crippen molar-refractivity contribution in [2.24, 2.45) is 5.73 Å². The number of alkyl halides is 3. The Bertz CT molecular complexity index is 1070. The highest BCUT2D eigenvalue weighted by Crippen LogP contribution is 2.39. The highest BCUT2D eigenvalue weighted by Gasteiger charge is 2.35. The van der Waals surface area contributed by atoms with Gasteiger partial charge in [0.15, 0.2) is 0 Å². The maximum absolute atomic E-state index is 13.8. The summed E-state index contributed by atoms with van der Waals surface area (Å²) in [6, 6.07) is 8.85. The van der Waals surface area contributed by atoms with Crippen LogP contribution in [-0.2, 0) is 12.7 Å². The normalized spacial score (nSPS) is 11.3. The van der Waals surface area contributed by atoms with E-state index in [9.17, 15) is 26.7 Å². The second-order valence-electron chi connectivity index (χ2n) is 6.11. The number of carbonyl (C=O) groups excluding carboxylic acids is 1. The third kappa shape index (κ3) is 4.50. The summed E-state index contributed by atoms with van der Waals surface area (Å²) in [5, 5.41) is 2.77. The highest BCUT2D eigenvalue weighted by atomic mass is 19.4. The highest BCUT2D eigenvalue weighted by molar-refractivity contribution is 5.94. The van der Waals surface area contributed by atoms with E-state index in [0.717, 1.165) is 12.1 Å². The number of primary amides is 1. The second kappa shape index (κ2) is 7.86. The summed E-state index contributed by atoms with van der Waals surface area (Å²) in [5.41, 5.74) is 3.73. The third-order valence-corrected chi connectivity index (χ3v) is 4.17. The second-order valence-corrected chi connectivity index (χ2v) is 6.11. The number of rotatable bonds is 5. The molecule has 0 aliphatic heterocycles. The van der Waals surface area contributed by atoms with Gasteiger partial charge in [-0.1, -0.05) is 12.1 Å². The molecule has 0 spiro atoms. The lowest BCUT2D eigenvalue weighted by Crippen LogP contribution is -2.15. The molecule has 1 heterocycles. The molecule has 1 amide bonds. The molecule has 29 heavy (non-hydrogen) atoms. The van der Waals surface area contributed by atoms with Crippen LogP contribution in [0.15, 0.2) is 54.7 Å². The molecule has 0 saturated heterocycles. The summed E-state index contributed by atoms with van der Waals surface area (Å²) < 4.78 is 67.6. The summed E-state index contributed by atoms with van der Waals surface area (Å²) in [5.74, 6) is -2.46. The summed E-state index contributed by atoms with van der Waals surface area (Å²) in [7, 11) is 0. The molecule has 0 bridgehead atoms. The maximum atomic E-state index is 13.8. The van der Waals surface area contributed by atoms with E-state index >= 15 is 0 Å². The van der Waals surface area contributed by atoms with Crippen molar-refractivity contribution in [2.75, 3.05) is 5.32 Å². The zero-order valence-corrected chi connectivity index (χ0v) is 14.7. The number of halogens is 5. The average Bonchev–Trinajstić information content (AvgIpc) is 2.66. The van der Waals surface area contributed by atoms with Crippen molar-refractivity contribution in [1.82, 2.24) is 4.98 Å². The molecule has 3 N–H and O–H groups in total. The SMILES string of the molecule is NC(=O)c1ccc(-c2cccnc2NCc2ccc(F)cc2F)c(C(F)(F)F)c1. The van der Waals surface area contributed by atoms with Crippen LogP contribution in [0.4, 0.5) is 27.8 Å². The Morgan fingerprint density at radius 3 is 2.45 bits per heavy atom. The lowest BCUT2D eigenvalue weighted by atomic mass is 9.97. The van der Waals surface area contributed by atoms with Gasteiger partial charge >= 0.3 is 6.18 Å². The molecule has 0 saturated carbocycles. The van der Waals surface area contributed by atoms with E-state index in [1.807, 2.05) is 0 Å². The fourth-order valence-electron chi connectivity index (χ4n) is 2.77. The van der Waals surface area contributed by atoms with Crippen molar-refractivity contribution in [3.05, 3.63) is 83.1 Å². The van der Waals surface area contributed by atoms with Crippen LogP contribution < -0.4 is 11.1 Å². The molecule has 0 atom stereocenters. The lowest BCUT2D eigenvalue weighted by molar-refractivity contribution is -0.137. The van der Waals surface area contributed by atoms with Crippen LogP contribution in [0.25, 0.3) is 11.1 Å². The standard InChI is InChI=1S/C20H14F5N3O/c21-13-5-3-12(17(22)9-13)10-28-19-15(2-1-7-27-19)14-6-4-11(18(26)29)8-16(14)20(23,24)25/h1-9H,10H2,(H2,26,29)(H,27,28). The molecule has 1 aromatic heterocycles. The summed E-state index contributed by atoms with van der Waals surface area (Å²) in [6.45, 7) is -0.128. The fraction of sp³-hybridized carbons (Fsp3) is 0.100. The van der Waals surface area contributed by atoms with E-state index in [-0.39, 0.29) is 34.6 Å². The van der Waals surface area contributed by atoms with Gasteiger partial charge < -0.3 is 11.1 Å². The summed E-state index contributed by atoms with van der Waals surface area (Å²) in [4.78, 5) is 15.3. The van der Waals surface area contributed by atoms with Gasteiger partial charge in [0.05, 0.1) is 5.56 Å². The lowest BCUT2D eigenvalue weighted by Gasteiger charge is -2.17. The number of aromatic nitrogens is 1. The van der Waals surface area contributed by atoms with Crippen molar-refractivity contribution in [3.8, 4) is 11.1 Å². The molecule has 3 rings (SSSR count). The first-order valence-electron chi connectivity index (χ1n) is 8.31. The minimum Gasteiger partial charge on any atom is -0.366 e. The number of amides is 1. The number of nitrogens with one attached hydrogen (secondary N) is 1. The molecule has 3 aromatic rings. The van der Waals surface area contributed by atoms with E-state index in [2.05, 4.69) is 10.3 Å². The number of nitrogens with two attached hydrogens (primary N) is 1. The van der Waals surface area contributed by atoms with Crippen molar-refractivity contribution < 1.29 is 26.7 Å². The minimum absolute atomic E-state index is 0.0635. The van der Waals surface area contributed by atoms with Gasteiger partial charge in [-0.2, -0.15) is 13.2 Å². The molecular weight excluding hydrogens is 393 g/mol. The van der Waals surface area contributed by atoms with E-state index in [1.54, 1.807) is 0 Å². The zero-order chi connectivity index (χ0) is 21.2.